The number of hydrogen-bond donors (Lipinski definition) is 1. The molecule has 1 amide bonds. The first-order valence-corrected chi connectivity index (χ1v) is 7.05. The van der Waals surface area contributed by atoms with Crippen LogP contribution < -0.4 is 10.2 Å². The number of thiophene rings is 1. The van der Waals surface area contributed by atoms with Crippen LogP contribution in [-0.2, 0) is 12.7 Å². The van der Waals surface area contributed by atoms with Gasteiger partial charge in [-0.25, -0.2) is 0 Å². The van der Waals surface area contributed by atoms with E-state index in [1.165, 1.54) is 0 Å². The van der Waals surface area contributed by atoms with E-state index in [0.29, 0.717) is 23.6 Å². The normalized spacial score (nSPS) is 14.8. The fourth-order valence-corrected chi connectivity index (χ4v) is 3.16. The average Bonchev–Trinajstić information content (AvgIpc) is 2.89. The zero-order chi connectivity index (χ0) is 15.0. The highest BCUT2D eigenvalue weighted by atomic mass is 32.1. The van der Waals surface area contributed by atoms with Crippen LogP contribution in [0.2, 0.25) is 0 Å². The lowest BCUT2D eigenvalue weighted by Crippen LogP contribution is -2.42. The molecule has 1 aliphatic heterocycles. The van der Waals surface area contributed by atoms with E-state index in [1.807, 2.05) is 30.3 Å². The SMILES string of the molecule is O=C1NCN(Cc2ccccc2)c2cc(C(F)(F)F)sc21. The number of anilines is 1. The summed E-state index contributed by atoms with van der Waals surface area (Å²) in [6.45, 7) is 0.650. The summed E-state index contributed by atoms with van der Waals surface area (Å²) < 4.78 is 38.4. The largest absolute Gasteiger partial charge is 0.425 e. The summed E-state index contributed by atoms with van der Waals surface area (Å²) in [5, 5.41) is 2.60. The molecule has 3 nitrogen and oxygen atoms in total. The molecule has 0 unspecified atom stereocenters. The summed E-state index contributed by atoms with van der Waals surface area (Å²) in [6, 6.07) is 10.5. The number of benzene rings is 1. The third kappa shape index (κ3) is 2.73. The lowest BCUT2D eigenvalue weighted by atomic mass is 10.2. The molecule has 110 valence electrons. The van der Waals surface area contributed by atoms with Crippen LogP contribution in [0.3, 0.4) is 0 Å². The zero-order valence-corrected chi connectivity index (χ0v) is 11.6. The van der Waals surface area contributed by atoms with Crippen molar-refractivity contribution in [3.8, 4) is 0 Å². The summed E-state index contributed by atoms with van der Waals surface area (Å²) in [5.41, 5.74) is 1.32. The fourth-order valence-electron chi connectivity index (χ4n) is 2.20. The first-order valence-electron chi connectivity index (χ1n) is 6.23. The van der Waals surface area contributed by atoms with E-state index >= 15 is 0 Å². The highest BCUT2D eigenvalue weighted by molar-refractivity contribution is 7.14. The molecule has 0 fully saturated rings. The lowest BCUT2D eigenvalue weighted by molar-refractivity contribution is -0.134. The van der Waals surface area contributed by atoms with Crippen LogP contribution in [0, 0.1) is 0 Å². The van der Waals surface area contributed by atoms with Crippen molar-refractivity contribution in [2.24, 2.45) is 0 Å². The average molecular weight is 312 g/mol. The molecule has 21 heavy (non-hydrogen) atoms. The second kappa shape index (κ2) is 5.07. The second-order valence-electron chi connectivity index (χ2n) is 4.67. The minimum absolute atomic E-state index is 0.115. The van der Waals surface area contributed by atoms with Crippen LogP contribution in [0.15, 0.2) is 36.4 Å². The molecule has 1 aliphatic rings. The van der Waals surface area contributed by atoms with E-state index in [-0.39, 0.29) is 11.5 Å². The maximum atomic E-state index is 12.8. The highest BCUT2D eigenvalue weighted by Gasteiger charge is 2.37. The molecule has 0 atom stereocenters. The number of nitrogens with one attached hydrogen (secondary N) is 1. The number of halogens is 3. The molecule has 0 spiro atoms. The Morgan fingerprint density at radius 1 is 1.24 bits per heavy atom. The predicted octanol–water partition coefficient (Wildman–Crippen LogP) is 3.47. The topological polar surface area (TPSA) is 32.3 Å². The minimum Gasteiger partial charge on any atom is -0.348 e. The minimum atomic E-state index is -4.43. The van der Waals surface area contributed by atoms with Gasteiger partial charge in [-0.3, -0.25) is 4.79 Å². The first-order chi connectivity index (χ1) is 9.95. The third-order valence-corrected chi connectivity index (χ3v) is 4.35. The number of amides is 1. The molecule has 1 N–H and O–H groups in total. The van der Waals surface area contributed by atoms with Crippen molar-refractivity contribution in [1.82, 2.24) is 5.32 Å². The monoisotopic (exact) mass is 312 g/mol. The van der Waals surface area contributed by atoms with Gasteiger partial charge in [-0.1, -0.05) is 30.3 Å². The molecule has 1 aromatic heterocycles. The summed E-state index contributed by atoms with van der Waals surface area (Å²) in [7, 11) is 0. The number of carbonyl (C=O) groups is 1. The van der Waals surface area contributed by atoms with Crippen LogP contribution in [0.25, 0.3) is 0 Å². The molecule has 2 heterocycles. The van der Waals surface area contributed by atoms with E-state index in [0.717, 1.165) is 11.6 Å². The Hall–Kier alpha value is -2.02. The molecule has 7 heteroatoms. The third-order valence-electron chi connectivity index (χ3n) is 3.19. The maximum absolute atomic E-state index is 12.8. The molecule has 2 aromatic rings. The van der Waals surface area contributed by atoms with Gasteiger partial charge in [-0.15, -0.1) is 11.3 Å². The van der Waals surface area contributed by atoms with E-state index in [1.54, 1.807) is 4.90 Å². The van der Waals surface area contributed by atoms with Gasteiger partial charge in [-0.05, 0) is 11.6 Å². The van der Waals surface area contributed by atoms with Crippen LogP contribution >= 0.6 is 11.3 Å². The molecule has 3 rings (SSSR count). The van der Waals surface area contributed by atoms with E-state index in [9.17, 15) is 18.0 Å². The molecule has 0 saturated heterocycles. The smallest absolute Gasteiger partial charge is 0.348 e. The predicted molar refractivity (Wildman–Crippen MR) is 74.3 cm³/mol. The molecular weight excluding hydrogens is 301 g/mol. The fraction of sp³-hybridized carbons (Fsp3) is 0.214. The van der Waals surface area contributed by atoms with E-state index in [4.69, 9.17) is 0 Å². The van der Waals surface area contributed by atoms with Gasteiger partial charge in [0.1, 0.15) is 9.75 Å². The Labute approximate surface area is 123 Å². The van der Waals surface area contributed by atoms with Crippen molar-refractivity contribution in [1.29, 1.82) is 0 Å². The Kier molecular flexibility index (Phi) is 3.36. The van der Waals surface area contributed by atoms with Gasteiger partial charge < -0.3 is 10.2 Å². The zero-order valence-electron chi connectivity index (χ0n) is 10.8. The summed E-state index contributed by atoms with van der Waals surface area (Å²) in [6.07, 6.45) is -4.43. The van der Waals surface area contributed by atoms with Crippen molar-refractivity contribution in [2.45, 2.75) is 12.7 Å². The van der Waals surface area contributed by atoms with Gasteiger partial charge in [0.2, 0.25) is 0 Å². The van der Waals surface area contributed by atoms with Crippen molar-refractivity contribution in [3.63, 3.8) is 0 Å². The van der Waals surface area contributed by atoms with Gasteiger partial charge in [-0.2, -0.15) is 13.2 Å². The summed E-state index contributed by atoms with van der Waals surface area (Å²) in [4.78, 5) is 12.8. The Bertz CT molecular complexity index is 667. The molecular formula is C14H11F3N2OS. The number of alkyl halides is 3. The number of fused-ring (bicyclic) bond motifs is 1. The number of carbonyl (C=O) groups excluding carboxylic acids is 1. The standard InChI is InChI=1S/C14H11F3N2OS/c15-14(16,17)11-6-10-12(21-11)13(20)18-8-19(10)7-9-4-2-1-3-5-9/h1-6H,7-8H2,(H,18,20). The van der Waals surface area contributed by atoms with Crippen LogP contribution in [-0.4, -0.2) is 12.6 Å². The molecule has 1 aromatic carbocycles. The summed E-state index contributed by atoms with van der Waals surface area (Å²) in [5.74, 6) is -0.449. The lowest BCUT2D eigenvalue weighted by Gasteiger charge is -2.29. The quantitative estimate of drug-likeness (QED) is 0.921. The number of nitrogens with zero attached hydrogens (tertiary/aromatic N) is 1. The van der Waals surface area contributed by atoms with Crippen molar-refractivity contribution < 1.29 is 18.0 Å². The van der Waals surface area contributed by atoms with Crippen molar-refractivity contribution in [3.05, 3.63) is 51.7 Å². The van der Waals surface area contributed by atoms with Gasteiger partial charge in [0.25, 0.3) is 5.91 Å². The van der Waals surface area contributed by atoms with E-state index in [2.05, 4.69) is 5.32 Å². The van der Waals surface area contributed by atoms with Crippen LogP contribution in [0.4, 0.5) is 18.9 Å². The first kappa shape index (κ1) is 13.9. The van der Waals surface area contributed by atoms with Gasteiger partial charge in [0.15, 0.2) is 0 Å². The molecule has 0 aliphatic carbocycles. The van der Waals surface area contributed by atoms with Crippen LogP contribution in [0.5, 0.6) is 0 Å². The van der Waals surface area contributed by atoms with Crippen molar-refractivity contribution in [2.75, 3.05) is 11.6 Å². The summed E-state index contributed by atoms with van der Waals surface area (Å²) >= 11 is 0.486. The molecule has 0 radical (unpaired) electrons. The maximum Gasteiger partial charge on any atom is 0.425 e. The Morgan fingerprint density at radius 2 is 1.95 bits per heavy atom. The molecule has 0 bridgehead atoms. The Morgan fingerprint density at radius 3 is 2.62 bits per heavy atom. The van der Waals surface area contributed by atoms with Crippen molar-refractivity contribution >= 4 is 22.9 Å². The van der Waals surface area contributed by atoms with Gasteiger partial charge >= 0.3 is 6.18 Å². The Balaban J connectivity index is 1.94. The molecule has 0 saturated carbocycles. The number of rotatable bonds is 2. The number of hydrogen-bond acceptors (Lipinski definition) is 3. The highest BCUT2D eigenvalue weighted by Crippen LogP contribution is 2.41. The van der Waals surface area contributed by atoms with Gasteiger partial charge in [0, 0.05) is 6.54 Å². The van der Waals surface area contributed by atoms with Crippen LogP contribution in [0.1, 0.15) is 20.1 Å². The van der Waals surface area contributed by atoms with E-state index < -0.39 is 17.0 Å². The van der Waals surface area contributed by atoms with Gasteiger partial charge in [0.05, 0.1) is 12.4 Å². The second-order valence-corrected chi connectivity index (χ2v) is 5.72.